The lowest BCUT2D eigenvalue weighted by Crippen LogP contribution is -2.18. The van der Waals surface area contributed by atoms with Crippen LogP contribution in [-0.2, 0) is 4.74 Å². The SMILES string of the molecule is COCCCNCCCCl. The Bertz CT molecular complexity index is 53.6. The summed E-state index contributed by atoms with van der Waals surface area (Å²) in [5, 5.41) is 3.26. The Labute approximate surface area is 67.9 Å². The standard InChI is InChI=1S/C7H16ClNO/c1-10-7-3-6-9-5-2-4-8/h9H,2-7H2,1H3. The number of nitrogens with one attached hydrogen (secondary N) is 1. The van der Waals surface area contributed by atoms with Gasteiger partial charge in [0.2, 0.25) is 0 Å². The van der Waals surface area contributed by atoms with Crippen molar-refractivity contribution in [1.29, 1.82) is 0 Å². The van der Waals surface area contributed by atoms with Crippen LogP contribution in [0.3, 0.4) is 0 Å². The predicted molar refractivity (Wildman–Crippen MR) is 44.7 cm³/mol. The Morgan fingerprint density at radius 3 is 2.60 bits per heavy atom. The number of hydrogen-bond donors (Lipinski definition) is 1. The minimum atomic E-state index is 0.747. The van der Waals surface area contributed by atoms with E-state index in [-0.39, 0.29) is 0 Å². The minimum Gasteiger partial charge on any atom is -0.385 e. The van der Waals surface area contributed by atoms with Crippen LogP contribution in [0.5, 0.6) is 0 Å². The van der Waals surface area contributed by atoms with Gasteiger partial charge in [-0.15, -0.1) is 11.6 Å². The molecule has 0 aliphatic rings. The maximum absolute atomic E-state index is 5.48. The molecule has 0 heterocycles. The molecule has 0 aliphatic carbocycles. The fourth-order valence-corrected chi connectivity index (χ4v) is 0.792. The van der Waals surface area contributed by atoms with E-state index in [1.54, 1.807) is 7.11 Å². The lowest BCUT2D eigenvalue weighted by molar-refractivity contribution is 0.194. The Morgan fingerprint density at radius 2 is 2.00 bits per heavy atom. The second kappa shape index (κ2) is 9.21. The largest absolute Gasteiger partial charge is 0.385 e. The predicted octanol–water partition coefficient (Wildman–Crippen LogP) is 1.24. The first-order valence-corrected chi connectivity index (χ1v) is 4.21. The third kappa shape index (κ3) is 8.21. The van der Waals surface area contributed by atoms with Gasteiger partial charge in [-0.1, -0.05) is 0 Å². The van der Waals surface area contributed by atoms with Crippen LogP contribution in [0.4, 0.5) is 0 Å². The zero-order valence-electron chi connectivity index (χ0n) is 6.53. The van der Waals surface area contributed by atoms with Gasteiger partial charge in [0.25, 0.3) is 0 Å². The van der Waals surface area contributed by atoms with Crippen molar-refractivity contribution in [2.75, 3.05) is 32.7 Å². The van der Waals surface area contributed by atoms with E-state index >= 15 is 0 Å². The van der Waals surface area contributed by atoms with E-state index in [9.17, 15) is 0 Å². The second-order valence-corrected chi connectivity index (χ2v) is 2.52. The molecule has 1 N–H and O–H groups in total. The van der Waals surface area contributed by atoms with Crippen LogP contribution in [0.25, 0.3) is 0 Å². The van der Waals surface area contributed by atoms with E-state index in [1.807, 2.05) is 0 Å². The molecule has 0 aromatic carbocycles. The van der Waals surface area contributed by atoms with Crippen LogP contribution < -0.4 is 5.32 Å². The van der Waals surface area contributed by atoms with Crippen LogP contribution in [-0.4, -0.2) is 32.7 Å². The molecule has 0 spiro atoms. The molecule has 62 valence electrons. The molecule has 0 fully saturated rings. The van der Waals surface area contributed by atoms with Gasteiger partial charge in [0.1, 0.15) is 0 Å². The topological polar surface area (TPSA) is 21.3 Å². The van der Waals surface area contributed by atoms with Gasteiger partial charge in [-0.25, -0.2) is 0 Å². The fourth-order valence-electron chi connectivity index (χ4n) is 0.658. The Hall–Kier alpha value is 0.210. The van der Waals surface area contributed by atoms with Gasteiger partial charge in [0.15, 0.2) is 0 Å². The molecule has 0 aliphatic heterocycles. The number of hydrogen-bond acceptors (Lipinski definition) is 2. The van der Waals surface area contributed by atoms with Gasteiger partial charge in [0, 0.05) is 19.6 Å². The third-order valence-electron chi connectivity index (χ3n) is 1.19. The molecule has 10 heavy (non-hydrogen) atoms. The Morgan fingerprint density at radius 1 is 1.30 bits per heavy atom. The summed E-state index contributed by atoms with van der Waals surface area (Å²) in [5.41, 5.74) is 0. The van der Waals surface area contributed by atoms with Crippen molar-refractivity contribution in [2.45, 2.75) is 12.8 Å². The van der Waals surface area contributed by atoms with Crippen LogP contribution in [0.1, 0.15) is 12.8 Å². The first-order valence-electron chi connectivity index (χ1n) is 3.67. The highest BCUT2D eigenvalue weighted by atomic mass is 35.5. The van der Waals surface area contributed by atoms with E-state index < -0.39 is 0 Å². The average molecular weight is 166 g/mol. The molecule has 0 rings (SSSR count). The van der Waals surface area contributed by atoms with Gasteiger partial charge in [0.05, 0.1) is 0 Å². The fraction of sp³-hybridized carbons (Fsp3) is 1.00. The number of methoxy groups -OCH3 is 1. The normalized spacial score (nSPS) is 10.2. The molecule has 0 saturated carbocycles. The second-order valence-electron chi connectivity index (χ2n) is 2.14. The van der Waals surface area contributed by atoms with Gasteiger partial charge >= 0.3 is 0 Å². The molecule has 0 unspecified atom stereocenters. The summed E-state index contributed by atoms with van der Waals surface area (Å²) in [6.07, 6.45) is 2.13. The molecule has 0 atom stereocenters. The Balaban J connectivity index is 2.65. The zero-order valence-corrected chi connectivity index (χ0v) is 7.28. The van der Waals surface area contributed by atoms with Crippen LogP contribution in [0.2, 0.25) is 0 Å². The smallest absolute Gasteiger partial charge is 0.0474 e. The molecule has 2 nitrogen and oxygen atoms in total. The quantitative estimate of drug-likeness (QED) is 0.453. The number of ether oxygens (including phenoxy) is 1. The molecule has 3 heteroatoms. The summed E-state index contributed by atoms with van der Waals surface area (Å²) in [6, 6.07) is 0. The summed E-state index contributed by atoms with van der Waals surface area (Å²) in [7, 11) is 1.72. The summed E-state index contributed by atoms with van der Waals surface area (Å²) in [4.78, 5) is 0. The molecular formula is C7H16ClNO. The lowest BCUT2D eigenvalue weighted by atomic mass is 10.4. The average Bonchev–Trinajstić information content (AvgIpc) is 1.97. The van der Waals surface area contributed by atoms with Crippen LogP contribution >= 0.6 is 11.6 Å². The summed E-state index contributed by atoms with van der Waals surface area (Å²) in [5.74, 6) is 0.747. The number of alkyl halides is 1. The molecule has 0 radical (unpaired) electrons. The van der Waals surface area contributed by atoms with E-state index in [0.29, 0.717) is 0 Å². The molecule has 0 saturated heterocycles. The first-order chi connectivity index (χ1) is 4.91. The third-order valence-corrected chi connectivity index (χ3v) is 1.46. The molecule has 0 bridgehead atoms. The van der Waals surface area contributed by atoms with E-state index in [2.05, 4.69) is 5.32 Å². The van der Waals surface area contributed by atoms with Gasteiger partial charge < -0.3 is 10.1 Å². The van der Waals surface area contributed by atoms with Gasteiger partial charge in [-0.3, -0.25) is 0 Å². The maximum Gasteiger partial charge on any atom is 0.0474 e. The highest BCUT2D eigenvalue weighted by Crippen LogP contribution is 1.82. The molecule has 0 aromatic rings. The number of halogens is 1. The van der Waals surface area contributed by atoms with Gasteiger partial charge in [-0.2, -0.15) is 0 Å². The molecule has 0 aromatic heterocycles. The monoisotopic (exact) mass is 165 g/mol. The summed E-state index contributed by atoms with van der Waals surface area (Å²) < 4.78 is 4.88. The van der Waals surface area contributed by atoms with Crippen molar-refractivity contribution >= 4 is 11.6 Å². The molecule has 0 amide bonds. The van der Waals surface area contributed by atoms with Crippen LogP contribution in [0.15, 0.2) is 0 Å². The zero-order chi connectivity index (χ0) is 7.66. The van der Waals surface area contributed by atoms with E-state index in [1.165, 1.54) is 0 Å². The van der Waals surface area contributed by atoms with Gasteiger partial charge in [-0.05, 0) is 25.9 Å². The highest BCUT2D eigenvalue weighted by molar-refractivity contribution is 6.17. The summed E-state index contributed by atoms with van der Waals surface area (Å²) >= 11 is 5.48. The van der Waals surface area contributed by atoms with Crippen molar-refractivity contribution in [1.82, 2.24) is 5.32 Å². The van der Waals surface area contributed by atoms with E-state index in [4.69, 9.17) is 16.3 Å². The van der Waals surface area contributed by atoms with E-state index in [0.717, 1.165) is 38.4 Å². The van der Waals surface area contributed by atoms with Crippen molar-refractivity contribution in [2.24, 2.45) is 0 Å². The van der Waals surface area contributed by atoms with Crippen molar-refractivity contribution in [3.63, 3.8) is 0 Å². The Kier molecular flexibility index (Phi) is 9.40. The molecular weight excluding hydrogens is 150 g/mol. The van der Waals surface area contributed by atoms with Crippen molar-refractivity contribution < 1.29 is 4.74 Å². The maximum atomic E-state index is 5.48. The van der Waals surface area contributed by atoms with Crippen LogP contribution in [0, 0.1) is 0 Å². The number of rotatable bonds is 7. The minimum absolute atomic E-state index is 0.747. The lowest BCUT2D eigenvalue weighted by Gasteiger charge is -2.01. The first kappa shape index (κ1) is 10.2. The van der Waals surface area contributed by atoms with Crippen molar-refractivity contribution in [3.05, 3.63) is 0 Å². The van der Waals surface area contributed by atoms with Crippen molar-refractivity contribution in [3.8, 4) is 0 Å². The summed E-state index contributed by atoms with van der Waals surface area (Å²) in [6.45, 7) is 2.89. The highest BCUT2D eigenvalue weighted by Gasteiger charge is 1.86.